The number of carboxylic acids is 1. The van der Waals surface area contributed by atoms with Gasteiger partial charge in [0.1, 0.15) is 0 Å². The van der Waals surface area contributed by atoms with E-state index in [1.54, 1.807) is 14.0 Å². The lowest BCUT2D eigenvalue weighted by atomic mass is 9.79. The standard InChI is InChI=1S/C12H22N2O3/c1-9(13-2)11(17)14-12(8-10(15)16)6-4-3-5-7-12/h9,13H,3-8H2,1-2H3,(H,14,17)(H,15,16). The fourth-order valence-corrected chi connectivity index (χ4v) is 2.36. The summed E-state index contributed by atoms with van der Waals surface area (Å²) in [5.41, 5.74) is -0.535. The highest BCUT2D eigenvalue weighted by molar-refractivity contribution is 5.82. The van der Waals surface area contributed by atoms with Gasteiger partial charge in [0.2, 0.25) is 5.91 Å². The Morgan fingerprint density at radius 2 is 1.88 bits per heavy atom. The predicted octanol–water partition coefficient (Wildman–Crippen LogP) is 0.888. The summed E-state index contributed by atoms with van der Waals surface area (Å²) in [5, 5.41) is 14.8. The molecule has 0 bridgehead atoms. The molecule has 5 heteroatoms. The van der Waals surface area contributed by atoms with Crippen LogP contribution in [-0.2, 0) is 9.59 Å². The summed E-state index contributed by atoms with van der Waals surface area (Å²) in [7, 11) is 1.72. The molecule has 0 aromatic rings. The summed E-state index contributed by atoms with van der Waals surface area (Å²) in [6.07, 6.45) is 4.65. The maximum Gasteiger partial charge on any atom is 0.305 e. The molecule has 0 radical (unpaired) electrons. The predicted molar refractivity (Wildman–Crippen MR) is 64.7 cm³/mol. The molecule has 3 N–H and O–H groups in total. The lowest BCUT2D eigenvalue weighted by Gasteiger charge is -2.37. The smallest absolute Gasteiger partial charge is 0.305 e. The topological polar surface area (TPSA) is 78.4 Å². The normalized spacial score (nSPS) is 20.6. The van der Waals surface area contributed by atoms with Gasteiger partial charge in [-0.05, 0) is 26.8 Å². The number of aliphatic carboxylic acids is 1. The number of hydrogen-bond acceptors (Lipinski definition) is 3. The minimum atomic E-state index is -0.843. The number of carbonyl (C=O) groups is 2. The van der Waals surface area contributed by atoms with E-state index in [9.17, 15) is 9.59 Å². The van der Waals surface area contributed by atoms with E-state index < -0.39 is 11.5 Å². The Balaban J connectivity index is 2.69. The van der Waals surface area contributed by atoms with Crippen LogP contribution < -0.4 is 10.6 Å². The van der Waals surface area contributed by atoms with Crippen LogP contribution >= 0.6 is 0 Å². The highest BCUT2D eigenvalue weighted by atomic mass is 16.4. The number of likely N-dealkylation sites (N-methyl/N-ethyl adjacent to an activating group) is 1. The van der Waals surface area contributed by atoms with E-state index in [4.69, 9.17) is 5.11 Å². The Kier molecular flexibility index (Phi) is 4.93. The highest BCUT2D eigenvalue weighted by Crippen LogP contribution is 2.31. The number of carbonyl (C=O) groups excluding carboxylic acids is 1. The first-order valence-corrected chi connectivity index (χ1v) is 6.20. The molecule has 1 fully saturated rings. The van der Waals surface area contributed by atoms with Crippen LogP contribution in [0.1, 0.15) is 45.4 Å². The van der Waals surface area contributed by atoms with Crippen LogP contribution in [0, 0.1) is 0 Å². The molecule has 1 aliphatic carbocycles. The molecule has 0 saturated heterocycles. The van der Waals surface area contributed by atoms with Crippen LogP contribution in [0.2, 0.25) is 0 Å². The van der Waals surface area contributed by atoms with E-state index in [1.807, 2.05) is 0 Å². The number of nitrogens with one attached hydrogen (secondary N) is 2. The Bertz CT molecular complexity index is 285. The van der Waals surface area contributed by atoms with Gasteiger partial charge in [-0.3, -0.25) is 9.59 Å². The van der Waals surface area contributed by atoms with Crippen molar-refractivity contribution in [3.63, 3.8) is 0 Å². The fourth-order valence-electron chi connectivity index (χ4n) is 2.36. The average Bonchev–Trinajstić information content (AvgIpc) is 2.27. The average molecular weight is 242 g/mol. The molecule has 1 rings (SSSR count). The van der Waals surface area contributed by atoms with Gasteiger partial charge in [0.05, 0.1) is 18.0 Å². The van der Waals surface area contributed by atoms with E-state index in [1.165, 1.54) is 0 Å². The lowest BCUT2D eigenvalue weighted by molar-refractivity contribution is -0.139. The van der Waals surface area contributed by atoms with Crippen molar-refractivity contribution in [1.29, 1.82) is 0 Å². The molecule has 1 atom stereocenters. The summed E-state index contributed by atoms with van der Waals surface area (Å²) in [5.74, 6) is -0.958. The monoisotopic (exact) mass is 242 g/mol. The number of hydrogen-bond donors (Lipinski definition) is 3. The zero-order chi connectivity index (χ0) is 12.9. The van der Waals surface area contributed by atoms with Gasteiger partial charge in [0.25, 0.3) is 0 Å². The molecule has 0 aromatic heterocycles. The van der Waals surface area contributed by atoms with Gasteiger partial charge in [-0.1, -0.05) is 19.3 Å². The second-order valence-electron chi connectivity index (χ2n) is 4.91. The van der Waals surface area contributed by atoms with Crippen LogP contribution in [0.15, 0.2) is 0 Å². The second-order valence-corrected chi connectivity index (χ2v) is 4.91. The maximum absolute atomic E-state index is 11.9. The van der Waals surface area contributed by atoms with Crippen molar-refractivity contribution >= 4 is 11.9 Å². The number of carboxylic acid groups (broad SMARTS) is 1. The summed E-state index contributed by atoms with van der Waals surface area (Å²) in [6, 6.07) is -0.289. The second kappa shape index (κ2) is 6.00. The first-order chi connectivity index (χ1) is 7.99. The van der Waals surface area contributed by atoms with E-state index >= 15 is 0 Å². The summed E-state index contributed by atoms with van der Waals surface area (Å²) < 4.78 is 0. The minimum Gasteiger partial charge on any atom is -0.481 e. The highest BCUT2D eigenvalue weighted by Gasteiger charge is 2.36. The summed E-state index contributed by atoms with van der Waals surface area (Å²) in [6.45, 7) is 1.77. The Hall–Kier alpha value is -1.10. The molecule has 1 aliphatic rings. The molecular weight excluding hydrogens is 220 g/mol. The van der Waals surface area contributed by atoms with E-state index in [-0.39, 0.29) is 18.4 Å². The molecule has 5 nitrogen and oxygen atoms in total. The van der Waals surface area contributed by atoms with Crippen molar-refractivity contribution in [1.82, 2.24) is 10.6 Å². The molecule has 1 amide bonds. The van der Waals surface area contributed by atoms with Crippen molar-refractivity contribution in [2.75, 3.05) is 7.05 Å². The minimum absolute atomic E-state index is 0.0230. The molecule has 0 heterocycles. The van der Waals surface area contributed by atoms with Gasteiger partial charge < -0.3 is 15.7 Å². The van der Waals surface area contributed by atoms with Crippen LogP contribution in [0.5, 0.6) is 0 Å². The molecule has 98 valence electrons. The largest absolute Gasteiger partial charge is 0.481 e. The van der Waals surface area contributed by atoms with Crippen LogP contribution in [-0.4, -0.2) is 35.6 Å². The Morgan fingerprint density at radius 1 is 1.29 bits per heavy atom. The van der Waals surface area contributed by atoms with Crippen molar-refractivity contribution < 1.29 is 14.7 Å². The van der Waals surface area contributed by atoms with Gasteiger partial charge in [-0.15, -0.1) is 0 Å². The molecule has 1 saturated carbocycles. The molecular formula is C12H22N2O3. The fraction of sp³-hybridized carbons (Fsp3) is 0.833. The Morgan fingerprint density at radius 3 is 2.35 bits per heavy atom. The van der Waals surface area contributed by atoms with Crippen molar-refractivity contribution in [3.05, 3.63) is 0 Å². The zero-order valence-corrected chi connectivity index (χ0v) is 10.6. The maximum atomic E-state index is 11.9. The SMILES string of the molecule is CNC(C)C(=O)NC1(CC(=O)O)CCCCC1. The number of rotatable bonds is 5. The first kappa shape index (κ1) is 14.0. The Labute approximate surface area is 102 Å². The number of amides is 1. The molecule has 0 aliphatic heterocycles. The first-order valence-electron chi connectivity index (χ1n) is 6.20. The van der Waals surface area contributed by atoms with Gasteiger partial charge in [-0.2, -0.15) is 0 Å². The van der Waals surface area contributed by atoms with Gasteiger partial charge in [0.15, 0.2) is 0 Å². The zero-order valence-electron chi connectivity index (χ0n) is 10.6. The van der Waals surface area contributed by atoms with Crippen molar-refractivity contribution in [2.45, 2.75) is 57.0 Å². The van der Waals surface area contributed by atoms with Gasteiger partial charge >= 0.3 is 5.97 Å². The van der Waals surface area contributed by atoms with E-state index in [0.717, 1.165) is 32.1 Å². The lowest BCUT2D eigenvalue weighted by Crippen LogP contribution is -2.55. The summed E-state index contributed by atoms with van der Waals surface area (Å²) in [4.78, 5) is 22.8. The summed E-state index contributed by atoms with van der Waals surface area (Å²) >= 11 is 0. The molecule has 17 heavy (non-hydrogen) atoms. The van der Waals surface area contributed by atoms with Crippen LogP contribution in [0.3, 0.4) is 0 Å². The van der Waals surface area contributed by atoms with Gasteiger partial charge in [0, 0.05) is 0 Å². The third-order valence-corrected chi connectivity index (χ3v) is 3.51. The quantitative estimate of drug-likeness (QED) is 0.669. The van der Waals surface area contributed by atoms with Crippen molar-refractivity contribution in [2.24, 2.45) is 0 Å². The third-order valence-electron chi connectivity index (χ3n) is 3.51. The van der Waals surface area contributed by atoms with Gasteiger partial charge in [-0.25, -0.2) is 0 Å². The van der Waals surface area contributed by atoms with Crippen LogP contribution in [0.25, 0.3) is 0 Å². The molecule has 0 aromatic carbocycles. The van der Waals surface area contributed by atoms with E-state index in [0.29, 0.717) is 0 Å². The third kappa shape index (κ3) is 4.00. The molecule has 0 spiro atoms. The van der Waals surface area contributed by atoms with Crippen LogP contribution in [0.4, 0.5) is 0 Å². The van der Waals surface area contributed by atoms with Crippen molar-refractivity contribution in [3.8, 4) is 0 Å². The van der Waals surface area contributed by atoms with E-state index in [2.05, 4.69) is 10.6 Å². The molecule has 1 unspecified atom stereocenters.